The Bertz CT molecular complexity index is 813. The summed E-state index contributed by atoms with van der Waals surface area (Å²) in [6.45, 7) is 2.18. The van der Waals surface area contributed by atoms with Gasteiger partial charge in [-0.25, -0.2) is 9.18 Å². The quantitative estimate of drug-likeness (QED) is 0.790. The Balaban J connectivity index is 1.82. The van der Waals surface area contributed by atoms with Crippen LogP contribution in [0.3, 0.4) is 0 Å². The molecule has 1 atom stereocenters. The second kappa shape index (κ2) is 7.99. The predicted molar refractivity (Wildman–Crippen MR) is 100 cm³/mol. The van der Waals surface area contributed by atoms with Crippen LogP contribution in [0.5, 0.6) is 0 Å². The lowest BCUT2D eigenvalue weighted by Gasteiger charge is -2.20. The van der Waals surface area contributed by atoms with Gasteiger partial charge in [0.05, 0.1) is 19.1 Å². The number of rotatable bonds is 5. The zero-order chi connectivity index (χ0) is 18.7. The lowest BCUT2D eigenvalue weighted by atomic mass is 9.85. The summed E-state index contributed by atoms with van der Waals surface area (Å²) in [7, 11) is 1.36. The molecule has 0 aliphatic heterocycles. The third-order valence-electron chi connectivity index (χ3n) is 4.87. The van der Waals surface area contributed by atoms with E-state index in [0.29, 0.717) is 16.5 Å². The summed E-state index contributed by atoms with van der Waals surface area (Å²) in [4.78, 5) is 25.9. The fourth-order valence-electron chi connectivity index (χ4n) is 3.37. The van der Waals surface area contributed by atoms with E-state index >= 15 is 0 Å². The van der Waals surface area contributed by atoms with Crippen LogP contribution in [0.2, 0.25) is 0 Å². The van der Waals surface area contributed by atoms with Crippen LogP contribution in [0.1, 0.15) is 46.1 Å². The smallest absolute Gasteiger partial charge is 0.341 e. The molecular formula is C20H22FNO3S. The maximum atomic E-state index is 13.0. The highest BCUT2D eigenvalue weighted by Crippen LogP contribution is 2.40. The van der Waals surface area contributed by atoms with Gasteiger partial charge in [0.15, 0.2) is 0 Å². The predicted octanol–water partition coefficient (Wildman–Crippen LogP) is 4.37. The molecule has 3 rings (SSSR count). The number of ether oxygens (including phenoxy) is 1. The minimum atomic E-state index is -0.408. The van der Waals surface area contributed by atoms with Gasteiger partial charge in [-0.2, -0.15) is 0 Å². The number of carbonyl (C=O) groups excluding carboxylic acids is 2. The van der Waals surface area contributed by atoms with Crippen molar-refractivity contribution in [3.63, 3.8) is 0 Å². The second-order valence-electron chi connectivity index (χ2n) is 6.57. The average molecular weight is 375 g/mol. The Morgan fingerprint density at radius 2 is 2.04 bits per heavy atom. The van der Waals surface area contributed by atoms with E-state index in [1.165, 1.54) is 35.5 Å². The van der Waals surface area contributed by atoms with Gasteiger partial charge in [-0.05, 0) is 48.4 Å². The van der Waals surface area contributed by atoms with E-state index in [-0.39, 0.29) is 18.1 Å². The molecule has 0 bridgehead atoms. The highest BCUT2D eigenvalue weighted by Gasteiger charge is 2.29. The summed E-state index contributed by atoms with van der Waals surface area (Å²) in [5.41, 5.74) is 2.23. The first-order valence-corrected chi connectivity index (χ1v) is 9.60. The lowest BCUT2D eigenvalue weighted by molar-refractivity contribution is -0.115. The van der Waals surface area contributed by atoms with Crippen LogP contribution >= 0.6 is 11.3 Å². The van der Waals surface area contributed by atoms with Gasteiger partial charge in [0.25, 0.3) is 0 Å². The molecule has 6 heteroatoms. The van der Waals surface area contributed by atoms with Gasteiger partial charge >= 0.3 is 5.97 Å². The minimum absolute atomic E-state index is 0.126. The molecule has 1 aliphatic carbocycles. The van der Waals surface area contributed by atoms with E-state index < -0.39 is 5.97 Å². The molecule has 1 aliphatic rings. The van der Waals surface area contributed by atoms with Crippen molar-refractivity contribution in [3.8, 4) is 0 Å². The molecule has 1 aromatic heterocycles. The van der Waals surface area contributed by atoms with Gasteiger partial charge in [-0.1, -0.05) is 25.5 Å². The standard InChI is InChI=1S/C20H22FNO3S/c1-3-12-6-9-15-16(10-12)26-19(18(15)20(24)25-2)22-17(23)11-13-4-7-14(21)8-5-13/h4-5,7-8,12H,3,6,9-11H2,1-2H3,(H,22,23)/t12-/m0/s1. The molecule has 138 valence electrons. The molecule has 2 aromatic rings. The summed E-state index contributed by atoms with van der Waals surface area (Å²) in [6.07, 6.45) is 4.06. The van der Waals surface area contributed by atoms with E-state index in [1.807, 2.05) is 0 Å². The fourth-order valence-corrected chi connectivity index (χ4v) is 4.73. The number of methoxy groups -OCH3 is 1. The van der Waals surface area contributed by atoms with Crippen molar-refractivity contribution in [2.24, 2.45) is 5.92 Å². The average Bonchev–Trinajstić information content (AvgIpc) is 2.99. The third kappa shape index (κ3) is 3.96. The maximum absolute atomic E-state index is 13.0. The van der Waals surface area contributed by atoms with Crippen molar-refractivity contribution >= 4 is 28.2 Å². The number of nitrogens with one attached hydrogen (secondary N) is 1. The van der Waals surface area contributed by atoms with E-state index in [0.717, 1.165) is 36.8 Å². The molecular weight excluding hydrogens is 353 g/mol. The molecule has 0 saturated carbocycles. The number of halogens is 1. The molecule has 1 heterocycles. The molecule has 0 radical (unpaired) electrons. The van der Waals surface area contributed by atoms with Gasteiger partial charge in [0.1, 0.15) is 10.8 Å². The van der Waals surface area contributed by atoms with Crippen LogP contribution < -0.4 is 5.32 Å². The number of fused-ring (bicyclic) bond motifs is 1. The van der Waals surface area contributed by atoms with Crippen molar-refractivity contribution in [2.45, 2.75) is 39.0 Å². The van der Waals surface area contributed by atoms with Crippen LogP contribution in [0.15, 0.2) is 24.3 Å². The zero-order valence-electron chi connectivity index (χ0n) is 14.9. The van der Waals surface area contributed by atoms with Gasteiger partial charge in [0.2, 0.25) is 5.91 Å². The first-order chi connectivity index (χ1) is 12.5. The summed E-state index contributed by atoms with van der Waals surface area (Å²) in [5.74, 6) is -0.352. The van der Waals surface area contributed by atoms with Crippen molar-refractivity contribution < 1.29 is 18.7 Å². The van der Waals surface area contributed by atoms with Crippen LogP contribution in [-0.4, -0.2) is 19.0 Å². The molecule has 1 aromatic carbocycles. The molecule has 0 unspecified atom stereocenters. The van der Waals surface area contributed by atoms with Crippen molar-refractivity contribution in [3.05, 3.63) is 51.7 Å². The Labute approximate surface area is 156 Å². The fraction of sp³-hybridized carbons (Fsp3) is 0.400. The van der Waals surface area contributed by atoms with E-state index in [1.54, 1.807) is 12.1 Å². The number of amides is 1. The second-order valence-corrected chi connectivity index (χ2v) is 7.67. The topological polar surface area (TPSA) is 55.4 Å². The maximum Gasteiger partial charge on any atom is 0.341 e. The molecule has 0 saturated heterocycles. The molecule has 4 nitrogen and oxygen atoms in total. The van der Waals surface area contributed by atoms with E-state index in [4.69, 9.17) is 4.74 Å². The number of hydrogen-bond acceptors (Lipinski definition) is 4. The Hall–Kier alpha value is -2.21. The summed E-state index contributed by atoms with van der Waals surface area (Å²) in [6, 6.07) is 5.83. The third-order valence-corrected chi connectivity index (χ3v) is 6.03. The molecule has 1 N–H and O–H groups in total. The summed E-state index contributed by atoms with van der Waals surface area (Å²) >= 11 is 1.47. The highest BCUT2D eigenvalue weighted by molar-refractivity contribution is 7.17. The highest BCUT2D eigenvalue weighted by atomic mass is 32.1. The van der Waals surface area contributed by atoms with Crippen LogP contribution in [-0.2, 0) is 28.8 Å². The van der Waals surface area contributed by atoms with Crippen LogP contribution in [0, 0.1) is 11.7 Å². The molecule has 0 fully saturated rings. The Morgan fingerprint density at radius 3 is 2.69 bits per heavy atom. The minimum Gasteiger partial charge on any atom is -0.465 e. The monoisotopic (exact) mass is 375 g/mol. The van der Waals surface area contributed by atoms with Crippen molar-refractivity contribution in [1.82, 2.24) is 0 Å². The summed E-state index contributed by atoms with van der Waals surface area (Å²) < 4.78 is 17.9. The van der Waals surface area contributed by atoms with Crippen LogP contribution in [0.25, 0.3) is 0 Å². The SMILES string of the molecule is CC[C@H]1CCc2c(sc(NC(=O)Cc3ccc(F)cc3)c2C(=O)OC)C1. The Morgan fingerprint density at radius 1 is 1.31 bits per heavy atom. The zero-order valence-corrected chi connectivity index (χ0v) is 15.7. The number of anilines is 1. The van der Waals surface area contributed by atoms with E-state index in [2.05, 4.69) is 12.2 Å². The number of carbonyl (C=O) groups is 2. The number of thiophene rings is 1. The molecule has 1 amide bonds. The normalized spacial score (nSPS) is 16.0. The first kappa shape index (κ1) is 18.6. The van der Waals surface area contributed by atoms with Gasteiger partial charge in [-0.3, -0.25) is 4.79 Å². The number of hydrogen-bond donors (Lipinski definition) is 1. The van der Waals surface area contributed by atoms with E-state index in [9.17, 15) is 14.0 Å². The first-order valence-electron chi connectivity index (χ1n) is 8.79. The van der Waals surface area contributed by atoms with Crippen molar-refractivity contribution in [2.75, 3.05) is 12.4 Å². The van der Waals surface area contributed by atoms with Gasteiger partial charge in [-0.15, -0.1) is 11.3 Å². The molecule has 26 heavy (non-hydrogen) atoms. The summed E-state index contributed by atoms with van der Waals surface area (Å²) in [5, 5.41) is 3.42. The largest absolute Gasteiger partial charge is 0.465 e. The van der Waals surface area contributed by atoms with Gasteiger partial charge < -0.3 is 10.1 Å². The molecule has 0 spiro atoms. The van der Waals surface area contributed by atoms with Crippen LogP contribution in [0.4, 0.5) is 9.39 Å². The van der Waals surface area contributed by atoms with Crippen molar-refractivity contribution in [1.29, 1.82) is 0 Å². The lowest BCUT2D eigenvalue weighted by Crippen LogP contribution is -2.17. The number of esters is 1. The Kier molecular flexibility index (Phi) is 5.71. The van der Waals surface area contributed by atoms with Gasteiger partial charge in [0, 0.05) is 4.88 Å². The number of benzene rings is 1.